The van der Waals surface area contributed by atoms with E-state index in [0.717, 1.165) is 17.0 Å². The van der Waals surface area contributed by atoms with Gasteiger partial charge in [0.2, 0.25) is 5.91 Å². The standard InChI is InChI=1S/C17H20N2O3/c1-12(16-9-8-15(22-3)11-18-16)19-17(20)10-13-4-6-14(21-2)7-5-13/h4-9,11-12H,10H2,1-3H3,(H,19,20)/t12-/m1/s1. The number of rotatable bonds is 6. The van der Waals surface area contributed by atoms with Crippen LogP contribution in [0.25, 0.3) is 0 Å². The fraction of sp³-hybridized carbons (Fsp3) is 0.294. The number of nitrogens with zero attached hydrogens (tertiary/aromatic N) is 1. The predicted molar refractivity (Wildman–Crippen MR) is 84.0 cm³/mol. The van der Waals surface area contributed by atoms with E-state index in [4.69, 9.17) is 9.47 Å². The number of hydrogen-bond donors (Lipinski definition) is 1. The van der Waals surface area contributed by atoms with Crippen molar-refractivity contribution in [2.45, 2.75) is 19.4 Å². The van der Waals surface area contributed by atoms with Crippen molar-refractivity contribution in [1.82, 2.24) is 10.3 Å². The van der Waals surface area contributed by atoms with E-state index < -0.39 is 0 Å². The molecule has 0 aliphatic carbocycles. The lowest BCUT2D eigenvalue weighted by Crippen LogP contribution is -2.28. The number of carbonyl (C=O) groups excluding carboxylic acids is 1. The van der Waals surface area contributed by atoms with Crippen molar-refractivity contribution in [1.29, 1.82) is 0 Å². The van der Waals surface area contributed by atoms with E-state index in [1.54, 1.807) is 20.4 Å². The van der Waals surface area contributed by atoms with Crippen LogP contribution in [0.5, 0.6) is 11.5 Å². The Labute approximate surface area is 130 Å². The van der Waals surface area contributed by atoms with Gasteiger partial charge in [-0.05, 0) is 36.8 Å². The first-order chi connectivity index (χ1) is 10.6. The van der Waals surface area contributed by atoms with E-state index in [-0.39, 0.29) is 11.9 Å². The lowest BCUT2D eigenvalue weighted by Gasteiger charge is -2.14. The molecule has 0 fully saturated rings. The summed E-state index contributed by atoms with van der Waals surface area (Å²) < 4.78 is 10.2. The van der Waals surface area contributed by atoms with E-state index >= 15 is 0 Å². The number of pyridine rings is 1. The second-order valence-electron chi connectivity index (χ2n) is 4.94. The first kappa shape index (κ1) is 15.8. The van der Waals surface area contributed by atoms with Gasteiger partial charge in [0.15, 0.2) is 0 Å². The molecule has 0 aliphatic heterocycles. The highest BCUT2D eigenvalue weighted by atomic mass is 16.5. The van der Waals surface area contributed by atoms with E-state index in [1.807, 2.05) is 43.3 Å². The molecule has 0 saturated carbocycles. The van der Waals surface area contributed by atoms with Gasteiger partial charge in [-0.2, -0.15) is 0 Å². The molecule has 1 atom stereocenters. The molecule has 5 heteroatoms. The monoisotopic (exact) mass is 300 g/mol. The fourth-order valence-electron chi connectivity index (χ4n) is 2.06. The molecule has 1 amide bonds. The van der Waals surface area contributed by atoms with Gasteiger partial charge in [0.25, 0.3) is 0 Å². The summed E-state index contributed by atoms with van der Waals surface area (Å²) >= 11 is 0. The molecule has 1 N–H and O–H groups in total. The highest BCUT2D eigenvalue weighted by molar-refractivity contribution is 5.79. The summed E-state index contributed by atoms with van der Waals surface area (Å²) in [5.74, 6) is 1.43. The third kappa shape index (κ3) is 4.22. The number of methoxy groups -OCH3 is 2. The van der Waals surface area contributed by atoms with E-state index in [1.165, 1.54) is 0 Å². The van der Waals surface area contributed by atoms with Gasteiger partial charge in [-0.25, -0.2) is 0 Å². The van der Waals surface area contributed by atoms with Gasteiger partial charge in [-0.1, -0.05) is 12.1 Å². The summed E-state index contributed by atoms with van der Waals surface area (Å²) in [4.78, 5) is 16.4. The Morgan fingerprint density at radius 2 is 1.73 bits per heavy atom. The molecular formula is C17H20N2O3. The topological polar surface area (TPSA) is 60.5 Å². The Kier molecular flexibility index (Phi) is 5.36. The average Bonchev–Trinajstić information content (AvgIpc) is 2.55. The van der Waals surface area contributed by atoms with Gasteiger partial charge in [0, 0.05) is 0 Å². The Balaban J connectivity index is 1.92. The molecule has 1 heterocycles. The summed E-state index contributed by atoms with van der Waals surface area (Å²) in [6.07, 6.45) is 1.96. The number of amides is 1. The quantitative estimate of drug-likeness (QED) is 0.890. The Morgan fingerprint density at radius 3 is 2.27 bits per heavy atom. The molecule has 0 aliphatic rings. The van der Waals surface area contributed by atoms with Crippen molar-refractivity contribution in [3.63, 3.8) is 0 Å². The summed E-state index contributed by atoms with van der Waals surface area (Å²) in [6, 6.07) is 11.0. The highest BCUT2D eigenvalue weighted by Gasteiger charge is 2.11. The van der Waals surface area contributed by atoms with Crippen molar-refractivity contribution >= 4 is 5.91 Å². The van der Waals surface area contributed by atoms with Gasteiger partial charge in [-0.15, -0.1) is 0 Å². The van der Waals surface area contributed by atoms with Gasteiger partial charge in [0.1, 0.15) is 11.5 Å². The number of ether oxygens (including phenoxy) is 2. The molecule has 0 spiro atoms. The molecule has 1 aromatic carbocycles. The molecule has 116 valence electrons. The fourth-order valence-corrected chi connectivity index (χ4v) is 2.06. The minimum absolute atomic E-state index is 0.0460. The van der Waals surface area contributed by atoms with Gasteiger partial charge >= 0.3 is 0 Å². The van der Waals surface area contributed by atoms with Crippen molar-refractivity contribution in [3.05, 3.63) is 53.9 Å². The van der Waals surface area contributed by atoms with Crippen LogP contribution in [0.3, 0.4) is 0 Å². The van der Waals surface area contributed by atoms with Crippen LogP contribution >= 0.6 is 0 Å². The molecular weight excluding hydrogens is 280 g/mol. The van der Waals surface area contributed by atoms with Crippen LogP contribution in [0.4, 0.5) is 0 Å². The van der Waals surface area contributed by atoms with Crippen molar-refractivity contribution < 1.29 is 14.3 Å². The van der Waals surface area contributed by atoms with Crippen molar-refractivity contribution in [3.8, 4) is 11.5 Å². The van der Waals surface area contributed by atoms with Crippen LogP contribution in [0, 0.1) is 0 Å². The number of benzene rings is 1. The maximum absolute atomic E-state index is 12.1. The summed E-state index contributed by atoms with van der Waals surface area (Å²) in [5.41, 5.74) is 1.73. The third-order valence-corrected chi connectivity index (χ3v) is 3.34. The predicted octanol–water partition coefficient (Wildman–Crippen LogP) is 2.52. The third-order valence-electron chi connectivity index (χ3n) is 3.34. The smallest absolute Gasteiger partial charge is 0.224 e. The molecule has 0 saturated heterocycles. The van der Waals surface area contributed by atoms with E-state index in [2.05, 4.69) is 10.3 Å². The van der Waals surface area contributed by atoms with Crippen LogP contribution in [0.2, 0.25) is 0 Å². The van der Waals surface area contributed by atoms with E-state index in [0.29, 0.717) is 12.2 Å². The van der Waals surface area contributed by atoms with Crippen LogP contribution in [0.15, 0.2) is 42.6 Å². The average molecular weight is 300 g/mol. The number of hydrogen-bond acceptors (Lipinski definition) is 4. The second-order valence-corrected chi connectivity index (χ2v) is 4.94. The van der Waals surface area contributed by atoms with Gasteiger partial charge in [0.05, 0.1) is 38.6 Å². The van der Waals surface area contributed by atoms with Crippen LogP contribution in [0.1, 0.15) is 24.2 Å². The Hall–Kier alpha value is -2.56. The number of nitrogens with one attached hydrogen (secondary N) is 1. The molecule has 22 heavy (non-hydrogen) atoms. The maximum Gasteiger partial charge on any atom is 0.224 e. The normalized spacial score (nSPS) is 11.6. The van der Waals surface area contributed by atoms with Crippen LogP contribution < -0.4 is 14.8 Å². The van der Waals surface area contributed by atoms with E-state index in [9.17, 15) is 4.79 Å². The van der Waals surface area contributed by atoms with Crippen LogP contribution in [-0.4, -0.2) is 25.1 Å². The highest BCUT2D eigenvalue weighted by Crippen LogP contribution is 2.15. The zero-order valence-corrected chi connectivity index (χ0v) is 13.0. The maximum atomic E-state index is 12.1. The van der Waals surface area contributed by atoms with Crippen molar-refractivity contribution in [2.75, 3.05) is 14.2 Å². The molecule has 1 aromatic heterocycles. The lowest BCUT2D eigenvalue weighted by atomic mass is 10.1. The summed E-state index contributed by atoms with van der Waals surface area (Å²) in [6.45, 7) is 1.90. The number of aromatic nitrogens is 1. The minimum atomic E-state index is -0.156. The summed E-state index contributed by atoms with van der Waals surface area (Å²) in [7, 11) is 3.21. The zero-order valence-electron chi connectivity index (χ0n) is 13.0. The largest absolute Gasteiger partial charge is 0.497 e. The zero-order chi connectivity index (χ0) is 15.9. The SMILES string of the molecule is COc1ccc(CC(=O)N[C@H](C)c2ccc(OC)cn2)cc1. The molecule has 2 aromatic rings. The van der Waals surface area contributed by atoms with Gasteiger partial charge < -0.3 is 14.8 Å². The lowest BCUT2D eigenvalue weighted by molar-refractivity contribution is -0.121. The minimum Gasteiger partial charge on any atom is -0.497 e. The Morgan fingerprint density at radius 1 is 1.09 bits per heavy atom. The Bertz CT molecular complexity index is 609. The molecule has 0 unspecified atom stereocenters. The van der Waals surface area contributed by atoms with Crippen LogP contribution in [-0.2, 0) is 11.2 Å². The number of carbonyl (C=O) groups is 1. The van der Waals surface area contributed by atoms with Gasteiger partial charge in [-0.3, -0.25) is 9.78 Å². The first-order valence-electron chi connectivity index (χ1n) is 7.04. The molecule has 2 rings (SSSR count). The first-order valence-corrected chi connectivity index (χ1v) is 7.04. The second kappa shape index (κ2) is 7.45. The molecule has 0 radical (unpaired) electrons. The molecule has 5 nitrogen and oxygen atoms in total. The molecule has 0 bridgehead atoms. The van der Waals surface area contributed by atoms with Crippen molar-refractivity contribution in [2.24, 2.45) is 0 Å². The summed E-state index contributed by atoms with van der Waals surface area (Å²) in [5, 5.41) is 2.94.